The summed E-state index contributed by atoms with van der Waals surface area (Å²) in [5.41, 5.74) is -0.183. The molecule has 1 aliphatic carbocycles. The van der Waals surface area contributed by atoms with Gasteiger partial charge in [-0.05, 0) is 24.1 Å². The van der Waals surface area contributed by atoms with E-state index >= 15 is 0 Å². The lowest BCUT2D eigenvalue weighted by Crippen LogP contribution is -2.45. The van der Waals surface area contributed by atoms with Crippen LogP contribution in [0.2, 0.25) is 0 Å². The predicted molar refractivity (Wildman–Crippen MR) is 99.5 cm³/mol. The van der Waals surface area contributed by atoms with Crippen LogP contribution in [0.4, 0.5) is 0 Å². The van der Waals surface area contributed by atoms with E-state index in [0.29, 0.717) is 5.56 Å². The van der Waals surface area contributed by atoms with E-state index in [-0.39, 0.29) is 18.6 Å². The lowest BCUT2D eigenvalue weighted by molar-refractivity contribution is -0.427. The number of carbonyl (C=O) groups excluding carboxylic acids is 1. The van der Waals surface area contributed by atoms with Crippen molar-refractivity contribution in [3.8, 4) is 5.75 Å². The highest BCUT2D eigenvalue weighted by Gasteiger charge is 2.38. The fourth-order valence-electron chi connectivity index (χ4n) is 2.57. The van der Waals surface area contributed by atoms with Crippen LogP contribution in [0.5, 0.6) is 5.75 Å². The second kappa shape index (κ2) is 9.17. The molecule has 1 aromatic rings. The Labute approximate surface area is 169 Å². The van der Waals surface area contributed by atoms with Crippen molar-refractivity contribution < 1.29 is 42.1 Å². The molecule has 13 heteroatoms. The van der Waals surface area contributed by atoms with Gasteiger partial charge in [0.1, 0.15) is 11.8 Å². The van der Waals surface area contributed by atoms with Crippen molar-refractivity contribution in [1.82, 2.24) is 5.32 Å². The van der Waals surface area contributed by atoms with Crippen molar-refractivity contribution in [3.63, 3.8) is 0 Å². The van der Waals surface area contributed by atoms with Gasteiger partial charge in [0.25, 0.3) is 5.70 Å². The van der Waals surface area contributed by atoms with Crippen LogP contribution in [0.15, 0.2) is 48.2 Å². The van der Waals surface area contributed by atoms with Gasteiger partial charge in [0.2, 0.25) is 0 Å². The number of nitrogens with zero attached hydrogens (tertiary/aromatic N) is 1. The van der Waals surface area contributed by atoms with Gasteiger partial charge in [-0.25, -0.2) is 9.59 Å². The number of nitro groups is 1. The molecule has 30 heavy (non-hydrogen) atoms. The van der Waals surface area contributed by atoms with Crippen LogP contribution < -0.4 is 9.50 Å². The van der Waals surface area contributed by atoms with Gasteiger partial charge in [0.05, 0.1) is 4.92 Å². The quantitative estimate of drug-likeness (QED) is 0.216. The van der Waals surface area contributed by atoms with Crippen molar-refractivity contribution in [2.45, 2.75) is 24.1 Å². The highest BCUT2D eigenvalue weighted by molar-refractivity contribution is 7.87. The third-order valence-electron chi connectivity index (χ3n) is 4.02. The molecule has 0 saturated carbocycles. The minimum atomic E-state index is -4.38. The summed E-state index contributed by atoms with van der Waals surface area (Å²) in [7, 11) is -4.38. The molecule has 1 amide bonds. The average Bonchev–Trinajstić information content (AvgIpc) is 2.68. The molecule has 0 aromatic heterocycles. The second-order valence-electron chi connectivity index (χ2n) is 6.09. The largest absolute Gasteiger partial charge is 0.480 e. The van der Waals surface area contributed by atoms with Crippen molar-refractivity contribution in [3.05, 3.63) is 63.9 Å². The molecule has 3 N–H and O–H groups in total. The number of aliphatic carboxylic acids is 2. The van der Waals surface area contributed by atoms with Gasteiger partial charge < -0.3 is 19.7 Å². The molecule has 0 aliphatic heterocycles. The Balaban J connectivity index is 2.11. The zero-order chi connectivity index (χ0) is 22.5. The number of allylic oxidation sites excluding steroid dienone is 3. The second-order valence-corrected chi connectivity index (χ2v) is 7.82. The fraction of sp³-hybridized carbons (Fsp3) is 0.235. The summed E-state index contributed by atoms with van der Waals surface area (Å²) < 4.78 is 29.8. The Morgan fingerprint density at radius 1 is 1.23 bits per heavy atom. The number of nitrogens with one attached hydrogen (secondary N) is 1. The zero-order valence-corrected chi connectivity index (χ0v) is 15.9. The van der Waals surface area contributed by atoms with E-state index in [1.54, 1.807) is 0 Å². The monoisotopic (exact) mass is 440 g/mol. The highest BCUT2D eigenvalue weighted by atomic mass is 32.2. The summed E-state index contributed by atoms with van der Waals surface area (Å²) in [6.07, 6.45) is 3.51. The van der Waals surface area contributed by atoms with Gasteiger partial charge in [0, 0.05) is 12.5 Å². The van der Waals surface area contributed by atoms with Crippen LogP contribution >= 0.6 is 0 Å². The zero-order valence-electron chi connectivity index (χ0n) is 15.1. The van der Waals surface area contributed by atoms with Crippen LogP contribution in [-0.2, 0) is 30.9 Å². The van der Waals surface area contributed by atoms with E-state index in [2.05, 4.69) is 0 Å². The number of carboxylic acid groups (broad SMARTS) is 2. The SMILES string of the molecule is O=C(O)C(=O)N[C@H](Cc1ccc(OS(=O)(=O)C2CC=CC=C2[N+](=O)[O-])cc1)C(=O)O. The lowest BCUT2D eigenvalue weighted by Gasteiger charge is -2.16. The molecule has 1 aromatic carbocycles. The molecule has 0 fully saturated rings. The first kappa shape index (κ1) is 22.5. The summed E-state index contributed by atoms with van der Waals surface area (Å²) in [6.45, 7) is 0. The molecular formula is C17H16N2O10S. The van der Waals surface area contributed by atoms with Gasteiger partial charge in [0.15, 0.2) is 5.25 Å². The minimum Gasteiger partial charge on any atom is -0.480 e. The van der Waals surface area contributed by atoms with Gasteiger partial charge in [-0.2, -0.15) is 8.42 Å². The number of hydrogen-bond acceptors (Lipinski definition) is 8. The van der Waals surface area contributed by atoms with E-state index in [9.17, 15) is 32.9 Å². The standard InChI is InChI=1S/C17H16N2O10S/c20-15(17(23)24)18-12(16(21)22)9-10-5-7-11(8-6-10)29-30(27,28)14-4-2-1-3-13(14)19(25)26/h1-3,5-8,12,14H,4,9H2,(H,18,20)(H,21,22)(H,23,24)/t12-,14?/m1/s1. The molecule has 0 heterocycles. The predicted octanol–water partition coefficient (Wildman–Crippen LogP) is 0.0808. The number of hydrogen-bond donors (Lipinski definition) is 3. The summed E-state index contributed by atoms with van der Waals surface area (Å²) in [5.74, 6) is -4.94. The Morgan fingerprint density at radius 3 is 2.40 bits per heavy atom. The fourth-order valence-corrected chi connectivity index (χ4v) is 3.87. The number of benzene rings is 1. The maximum absolute atomic E-state index is 12.4. The first-order valence-electron chi connectivity index (χ1n) is 8.31. The van der Waals surface area contributed by atoms with Crippen molar-refractivity contribution in [2.75, 3.05) is 0 Å². The van der Waals surface area contributed by atoms with Crippen molar-refractivity contribution >= 4 is 28.0 Å². The van der Waals surface area contributed by atoms with Crippen LogP contribution in [0.1, 0.15) is 12.0 Å². The Morgan fingerprint density at radius 2 is 1.87 bits per heavy atom. The molecule has 160 valence electrons. The molecule has 2 rings (SSSR count). The molecule has 12 nitrogen and oxygen atoms in total. The van der Waals surface area contributed by atoms with Crippen LogP contribution in [-0.4, -0.2) is 52.7 Å². The molecule has 0 radical (unpaired) electrons. The molecule has 0 bridgehead atoms. The smallest absolute Gasteiger partial charge is 0.394 e. The summed E-state index contributed by atoms with van der Waals surface area (Å²) in [5, 5.41) is 29.1. The Kier molecular flexibility index (Phi) is 6.89. The molecule has 0 spiro atoms. The first-order valence-corrected chi connectivity index (χ1v) is 9.78. The van der Waals surface area contributed by atoms with Crippen molar-refractivity contribution in [1.29, 1.82) is 0 Å². The van der Waals surface area contributed by atoms with Gasteiger partial charge >= 0.3 is 28.0 Å². The van der Waals surface area contributed by atoms with E-state index in [0.717, 1.165) is 6.08 Å². The van der Waals surface area contributed by atoms with E-state index in [1.165, 1.54) is 36.4 Å². The summed E-state index contributed by atoms with van der Waals surface area (Å²) >= 11 is 0. The minimum absolute atomic E-state index is 0.128. The van der Waals surface area contributed by atoms with E-state index in [1.807, 2.05) is 5.32 Å². The highest BCUT2D eigenvalue weighted by Crippen LogP contribution is 2.25. The van der Waals surface area contributed by atoms with Gasteiger partial charge in [-0.1, -0.05) is 24.3 Å². The number of rotatable bonds is 8. The third kappa shape index (κ3) is 5.64. The maximum atomic E-state index is 12.4. The lowest BCUT2D eigenvalue weighted by atomic mass is 10.1. The molecule has 1 aliphatic rings. The van der Waals surface area contributed by atoms with Gasteiger partial charge in [-0.3, -0.25) is 14.9 Å². The van der Waals surface area contributed by atoms with Crippen LogP contribution in [0, 0.1) is 10.1 Å². The Bertz CT molecular complexity index is 1030. The number of amides is 1. The first-order chi connectivity index (χ1) is 14.0. The topological polar surface area (TPSA) is 190 Å². The van der Waals surface area contributed by atoms with Crippen LogP contribution in [0.3, 0.4) is 0 Å². The van der Waals surface area contributed by atoms with E-state index < -0.39 is 49.9 Å². The van der Waals surface area contributed by atoms with Crippen molar-refractivity contribution in [2.24, 2.45) is 0 Å². The summed E-state index contributed by atoms with van der Waals surface area (Å²) in [6, 6.07) is 3.53. The molecule has 0 saturated heterocycles. The normalized spacial score (nSPS) is 16.8. The van der Waals surface area contributed by atoms with Gasteiger partial charge in [-0.15, -0.1) is 0 Å². The van der Waals surface area contributed by atoms with E-state index in [4.69, 9.17) is 14.4 Å². The molecule has 1 unspecified atom stereocenters. The maximum Gasteiger partial charge on any atom is 0.394 e. The molecule has 2 atom stereocenters. The molecular weight excluding hydrogens is 424 g/mol. The summed E-state index contributed by atoms with van der Waals surface area (Å²) in [4.78, 5) is 43.2. The third-order valence-corrected chi connectivity index (χ3v) is 5.57. The number of carboxylic acids is 2. The average molecular weight is 440 g/mol. The van der Waals surface area contributed by atoms with Crippen LogP contribution in [0.25, 0.3) is 0 Å². The Hall–Kier alpha value is -3.74. The number of carbonyl (C=O) groups is 3.